The Balaban J connectivity index is 1.49. The zero-order valence-electron chi connectivity index (χ0n) is 11.4. The number of nitrogens with one attached hydrogen (secondary N) is 1. The van der Waals surface area contributed by atoms with Gasteiger partial charge in [0.25, 0.3) is 0 Å². The number of fused-ring (bicyclic) bond motifs is 1. The molecule has 0 amide bonds. The van der Waals surface area contributed by atoms with Crippen molar-refractivity contribution in [2.24, 2.45) is 0 Å². The zero-order chi connectivity index (χ0) is 12.4. The lowest BCUT2D eigenvalue weighted by molar-refractivity contribution is 0.184. The maximum Gasteiger partial charge on any atom is 0.00912 e. The van der Waals surface area contributed by atoms with Crippen LogP contribution in [0.1, 0.15) is 36.8 Å². The van der Waals surface area contributed by atoms with Crippen LogP contribution in [0.3, 0.4) is 0 Å². The Kier molecular flexibility index (Phi) is 3.67. The van der Waals surface area contributed by atoms with Crippen LogP contribution >= 0.6 is 0 Å². The highest BCUT2D eigenvalue weighted by molar-refractivity contribution is 5.40. The minimum atomic E-state index is 0.764. The number of benzene rings is 1. The number of hydrogen-bond acceptors (Lipinski definition) is 2. The van der Waals surface area contributed by atoms with Gasteiger partial charge in [-0.05, 0) is 50.0 Å². The van der Waals surface area contributed by atoms with Crippen LogP contribution < -0.4 is 5.32 Å². The molecule has 0 spiro atoms. The monoisotopic (exact) mass is 244 g/mol. The minimum Gasteiger partial charge on any atom is -0.314 e. The van der Waals surface area contributed by atoms with Crippen molar-refractivity contribution in [3.63, 3.8) is 0 Å². The Morgan fingerprint density at radius 2 is 2.00 bits per heavy atom. The van der Waals surface area contributed by atoms with Gasteiger partial charge in [-0.15, -0.1) is 0 Å². The Bertz CT molecular complexity index is 394. The first-order valence-corrected chi connectivity index (χ1v) is 7.40. The van der Waals surface area contributed by atoms with E-state index in [1.807, 2.05) is 0 Å². The fourth-order valence-electron chi connectivity index (χ4n) is 3.45. The summed E-state index contributed by atoms with van der Waals surface area (Å²) in [5, 5.41) is 3.58. The molecule has 3 rings (SSSR count). The average molecular weight is 244 g/mol. The molecule has 2 heteroatoms. The molecule has 1 N–H and O–H groups in total. The Morgan fingerprint density at radius 3 is 2.72 bits per heavy atom. The number of likely N-dealkylation sites (tertiary alicyclic amines) is 1. The van der Waals surface area contributed by atoms with Gasteiger partial charge < -0.3 is 10.2 Å². The first-order chi connectivity index (χ1) is 8.86. The van der Waals surface area contributed by atoms with Crippen molar-refractivity contribution in [1.82, 2.24) is 10.2 Å². The van der Waals surface area contributed by atoms with Crippen molar-refractivity contribution in [1.29, 1.82) is 0 Å². The van der Waals surface area contributed by atoms with Gasteiger partial charge in [0.1, 0.15) is 0 Å². The van der Waals surface area contributed by atoms with Crippen LogP contribution in [0.25, 0.3) is 0 Å². The first kappa shape index (κ1) is 12.2. The summed E-state index contributed by atoms with van der Waals surface area (Å²) in [7, 11) is 0. The second-order valence-corrected chi connectivity index (χ2v) is 5.73. The van der Waals surface area contributed by atoms with E-state index in [-0.39, 0.29) is 0 Å². The summed E-state index contributed by atoms with van der Waals surface area (Å²) in [5.41, 5.74) is 3.18. The van der Waals surface area contributed by atoms with Crippen LogP contribution in [0.5, 0.6) is 0 Å². The van der Waals surface area contributed by atoms with E-state index in [4.69, 9.17) is 0 Å². The smallest absolute Gasteiger partial charge is 0.00912 e. The Morgan fingerprint density at radius 1 is 1.22 bits per heavy atom. The van der Waals surface area contributed by atoms with Gasteiger partial charge in [-0.3, -0.25) is 0 Å². The van der Waals surface area contributed by atoms with Crippen LogP contribution in [-0.2, 0) is 6.42 Å². The summed E-state index contributed by atoms with van der Waals surface area (Å²) < 4.78 is 0. The van der Waals surface area contributed by atoms with Crippen LogP contribution in [0.4, 0.5) is 0 Å². The number of hydrogen-bond donors (Lipinski definition) is 1. The third-order valence-corrected chi connectivity index (χ3v) is 4.52. The molecule has 1 aliphatic heterocycles. The van der Waals surface area contributed by atoms with E-state index in [0.29, 0.717) is 0 Å². The minimum absolute atomic E-state index is 0.764. The molecule has 18 heavy (non-hydrogen) atoms. The molecule has 1 heterocycles. The molecule has 1 atom stereocenters. The summed E-state index contributed by atoms with van der Waals surface area (Å²) in [4.78, 5) is 2.66. The number of nitrogens with zero attached hydrogens (tertiary/aromatic N) is 1. The lowest BCUT2D eigenvalue weighted by atomic mass is 9.77. The van der Waals surface area contributed by atoms with Gasteiger partial charge in [0.05, 0.1) is 0 Å². The summed E-state index contributed by atoms with van der Waals surface area (Å²) in [6, 6.07) is 9.71. The van der Waals surface area contributed by atoms with E-state index >= 15 is 0 Å². The Hall–Kier alpha value is -0.860. The van der Waals surface area contributed by atoms with E-state index in [1.165, 1.54) is 38.9 Å². The highest BCUT2D eigenvalue weighted by atomic mass is 15.1. The van der Waals surface area contributed by atoms with Gasteiger partial charge >= 0.3 is 0 Å². The van der Waals surface area contributed by atoms with Crippen molar-refractivity contribution >= 4 is 0 Å². The number of rotatable bonds is 4. The third kappa shape index (κ3) is 2.45. The fraction of sp³-hybridized carbons (Fsp3) is 0.625. The maximum atomic E-state index is 3.58. The molecule has 1 unspecified atom stereocenters. The van der Waals surface area contributed by atoms with Gasteiger partial charge in [0, 0.05) is 18.5 Å². The largest absolute Gasteiger partial charge is 0.314 e. The van der Waals surface area contributed by atoms with E-state index in [2.05, 4.69) is 41.4 Å². The molecule has 2 aliphatic rings. The van der Waals surface area contributed by atoms with Crippen molar-refractivity contribution in [3.05, 3.63) is 35.4 Å². The van der Waals surface area contributed by atoms with Crippen molar-refractivity contribution in [2.45, 2.75) is 38.1 Å². The van der Waals surface area contributed by atoms with Crippen molar-refractivity contribution < 1.29 is 0 Å². The fourth-order valence-corrected chi connectivity index (χ4v) is 3.45. The summed E-state index contributed by atoms with van der Waals surface area (Å²) in [6.45, 7) is 7.14. The zero-order valence-corrected chi connectivity index (χ0v) is 11.4. The van der Waals surface area contributed by atoms with Gasteiger partial charge in [-0.2, -0.15) is 0 Å². The second-order valence-electron chi connectivity index (χ2n) is 5.73. The van der Waals surface area contributed by atoms with Crippen molar-refractivity contribution in [3.8, 4) is 0 Å². The predicted octanol–water partition coefficient (Wildman–Crippen LogP) is 2.40. The number of piperidine rings is 1. The molecule has 0 aromatic heterocycles. The third-order valence-electron chi connectivity index (χ3n) is 4.52. The van der Waals surface area contributed by atoms with Crippen LogP contribution in [0.2, 0.25) is 0 Å². The topological polar surface area (TPSA) is 15.3 Å². The highest BCUT2D eigenvalue weighted by Gasteiger charge is 2.28. The summed E-state index contributed by atoms with van der Waals surface area (Å²) in [5.74, 6) is 0.803. The molecule has 1 saturated heterocycles. The molecule has 0 saturated carbocycles. The summed E-state index contributed by atoms with van der Waals surface area (Å²) in [6.07, 6.45) is 3.94. The van der Waals surface area contributed by atoms with E-state index < -0.39 is 0 Å². The van der Waals surface area contributed by atoms with Crippen molar-refractivity contribution in [2.75, 3.05) is 26.2 Å². The lowest BCUT2D eigenvalue weighted by Gasteiger charge is -2.38. The SMILES string of the molecule is CCNC1CCN(CC2Cc3ccccc32)CC1. The molecule has 1 aromatic rings. The van der Waals surface area contributed by atoms with E-state index in [1.54, 1.807) is 11.1 Å². The molecular weight excluding hydrogens is 220 g/mol. The molecular formula is C16H24N2. The van der Waals surface area contributed by atoms with E-state index in [0.717, 1.165) is 18.5 Å². The van der Waals surface area contributed by atoms with Gasteiger partial charge in [0.15, 0.2) is 0 Å². The van der Waals surface area contributed by atoms with Crippen LogP contribution in [0.15, 0.2) is 24.3 Å². The maximum absolute atomic E-state index is 3.58. The second kappa shape index (κ2) is 5.41. The molecule has 0 radical (unpaired) electrons. The van der Waals surface area contributed by atoms with Crippen LogP contribution in [0, 0.1) is 0 Å². The molecule has 2 nitrogen and oxygen atoms in total. The molecule has 1 fully saturated rings. The highest BCUT2D eigenvalue weighted by Crippen LogP contribution is 2.35. The first-order valence-electron chi connectivity index (χ1n) is 7.40. The van der Waals surface area contributed by atoms with Gasteiger partial charge in [-0.25, -0.2) is 0 Å². The summed E-state index contributed by atoms with van der Waals surface area (Å²) >= 11 is 0. The normalized spacial score (nSPS) is 24.6. The quantitative estimate of drug-likeness (QED) is 0.875. The van der Waals surface area contributed by atoms with Gasteiger partial charge in [-0.1, -0.05) is 31.2 Å². The molecule has 98 valence electrons. The lowest BCUT2D eigenvalue weighted by Crippen LogP contribution is -2.44. The van der Waals surface area contributed by atoms with E-state index in [9.17, 15) is 0 Å². The Labute approximate surface area is 110 Å². The molecule has 0 bridgehead atoms. The standard InChI is InChI=1S/C16H24N2/c1-2-17-15-7-9-18(10-8-15)12-14-11-13-5-3-4-6-16(13)14/h3-6,14-15,17H,2,7-12H2,1H3. The van der Waals surface area contributed by atoms with Gasteiger partial charge in [0.2, 0.25) is 0 Å². The average Bonchev–Trinajstić information content (AvgIpc) is 2.38. The van der Waals surface area contributed by atoms with Crippen LogP contribution in [-0.4, -0.2) is 37.1 Å². The predicted molar refractivity (Wildman–Crippen MR) is 76.0 cm³/mol. The molecule has 1 aromatic carbocycles. The molecule has 1 aliphatic carbocycles.